The third-order valence-electron chi connectivity index (χ3n) is 4.93. The number of benzene rings is 2. The normalized spacial score (nSPS) is 15.3. The van der Waals surface area contributed by atoms with E-state index < -0.39 is 17.8 Å². The maximum atomic E-state index is 13.4. The number of halogens is 2. The molecule has 0 fully saturated rings. The predicted octanol–water partition coefficient (Wildman–Crippen LogP) is 4.18. The number of carbonyl (C=O) groups is 2. The highest BCUT2D eigenvalue weighted by molar-refractivity contribution is 6.31. The highest BCUT2D eigenvalue weighted by Gasteiger charge is 2.34. The second-order valence-electron chi connectivity index (χ2n) is 6.88. The van der Waals surface area contributed by atoms with Crippen LogP contribution in [0, 0.1) is 12.7 Å². The average Bonchev–Trinajstić information content (AvgIpc) is 3.06. The van der Waals surface area contributed by atoms with Crippen molar-refractivity contribution in [2.75, 3.05) is 17.7 Å². The molecule has 0 unspecified atom stereocenters. The van der Waals surface area contributed by atoms with Crippen LogP contribution in [0.3, 0.4) is 0 Å². The summed E-state index contributed by atoms with van der Waals surface area (Å²) in [5.74, 6) is -0.138. The van der Waals surface area contributed by atoms with Gasteiger partial charge in [0.2, 0.25) is 11.8 Å². The molecule has 0 bridgehead atoms. The summed E-state index contributed by atoms with van der Waals surface area (Å²) in [4.78, 5) is 25.2. The number of nitrogens with zero attached hydrogens (tertiary/aromatic N) is 2. The van der Waals surface area contributed by atoms with Crippen LogP contribution in [-0.4, -0.2) is 28.7 Å². The Bertz CT molecular complexity index is 1140. The zero-order valence-electron chi connectivity index (χ0n) is 16.2. The molecule has 1 aromatic heterocycles. The van der Waals surface area contributed by atoms with Gasteiger partial charge in [-0.1, -0.05) is 11.6 Å². The van der Waals surface area contributed by atoms with Crippen molar-refractivity contribution in [3.63, 3.8) is 0 Å². The highest BCUT2D eigenvalue weighted by atomic mass is 35.5. The third kappa shape index (κ3) is 3.61. The zero-order chi connectivity index (χ0) is 21.4. The quantitative estimate of drug-likeness (QED) is 0.652. The molecule has 0 saturated carbocycles. The van der Waals surface area contributed by atoms with Gasteiger partial charge in [0.05, 0.1) is 24.2 Å². The van der Waals surface area contributed by atoms with Crippen molar-refractivity contribution in [1.82, 2.24) is 9.78 Å². The van der Waals surface area contributed by atoms with Gasteiger partial charge in [0.25, 0.3) is 0 Å². The number of carbonyl (C=O) groups excluding carboxylic acids is 2. The van der Waals surface area contributed by atoms with E-state index in [9.17, 15) is 14.0 Å². The monoisotopic (exact) mass is 428 g/mol. The van der Waals surface area contributed by atoms with Crippen LogP contribution in [0.5, 0.6) is 5.75 Å². The SMILES string of the molecule is COc1ccc(-c2nn3c(c2C)NC(=O)C[C@@H]3C(=O)Nc2ccc(F)c(Cl)c2)cc1. The molecule has 0 saturated heterocycles. The van der Waals surface area contributed by atoms with E-state index in [2.05, 4.69) is 15.7 Å². The molecule has 2 aromatic carbocycles. The topological polar surface area (TPSA) is 85.2 Å². The highest BCUT2D eigenvalue weighted by Crippen LogP contribution is 2.35. The van der Waals surface area contributed by atoms with E-state index in [-0.39, 0.29) is 17.4 Å². The first-order valence-electron chi connectivity index (χ1n) is 9.16. The van der Waals surface area contributed by atoms with E-state index in [0.717, 1.165) is 17.2 Å². The number of methoxy groups -OCH3 is 1. The molecule has 30 heavy (non-hydrogen) atoms. The largest absolute Gasteiger partial charge is 0.497 e. The second-order valence-corrected chi connectivity index (χ2v) is 7.29. The zero-order valence-corrected chi connectivity index (χ0v) is 17.0. The van der Waals surface area contributed by atoms with E-state index in [1.54, 1.807) is 7.11 Å². The van der Waals surface area contributed by atoms with Gasteiger partial charge in [-0.15, -0.1) is 0 Å². The standard InChI is InChI=1S/C21H18ClFN4O3/c1-11-19(12-3-6-14(30-2)7-4-12)26-27-17(10-18(28)25-20(11)27)21(29)24-13-5-8-16(23)15(22)9-13/h3-9,17H,10H2,1-2H3,(H,24,29)(H,25,28)/t17-/m1/s1. The minimum atomic E-state index is -0.858. The molecule has 7 nitrogen and oxygen atoms in total. The lowest BCUT2D eigenvalue weighted by molar-refractivity contribution is -0.125. The molecule has 1 aliphatic rings. The fourth-order valence-electron chi connectivity index (χ4n) is 3.36. The molecule has 0 spiro atoms. The summed E-state index contributed by atoms with van der Waals surface area (Å²) < 4.78 is 20.1. The van der Waals surface area contributed by atoms with Crippen LogP contribution < -0.4 is 15.4 Å². The van der Waals surface area contributed by atoms with Crippen molar-refractivity contribution in [1.29, 1.82) is 0 Å². The van der Waals surface area contributed by atoms with Gasteiger partial charge in [0.15, 0.2) is 0 Å². The molecule has 4 rings (SSSR count). The first-order valence-corrected chi connectivity index (χ1v) is 9.54. The lowest BCUT2D eigenvalue weighted by Crippen LogP contribution is -2.35. The van der Waals surface area contributed by atoms with Gasteiger partial charge in [-0.2, -0.15) is 5.10 Å². The number of hydrogen-bond acceptors (Lipinski definition) is 4. The summed E-state index contributed by atoms with van der Waals surface area (Å²) in [6.45, 7) is 1.83. The van der Waals surface area contributed by atoms with Crippen LogP contribution >= 0.6 is 11.6 Å². The van der Waals surface area contributed by atoms with Crippen LogP contribution in [-0.2, 0) is 9.59 Å². The maximum Gasteiger partial charge on any atom is 0.249 e. The number of nitrogens with one attached hydrogen (secondary N) is 2. The summed E-state index contributed by atoms with van der Waals surface area (Å²) in [5.41, 5.74) is 2.56. The second kappa shape index (κ2) is 7.79. The van der Waals surface area contributed by atoms with Crippen molar-refractivity contribution >= 4 is 34.9 Å². The molecular weight excluding hydrogens is 411 g/mol. The number of ether oxygens (including phenoxy) is 1. The molecule has 0 radical (unpaired) electrons. The summed E-state index contributed by atoms with van der Waals surface area (Å²) >= 11 is 5.78. The third-order valence-corrected chi connectivity index (χ3v) is 5.22. The molecule has 1 atom stereocenters. The van der Waals surface area contributed by atoms with Crippen molar-refractivity contribution in [3.8, 4) is 17.0 Å². The number of fused-ring (bicyclic) bond motifs is 1. The number of aromatic nitrogens is 2. The Hall–Kier alpha value is -3.39. The van der Waals surface area contributed by atoms with E-state index in [4.69, 9.17) is 16.3 Å². The van der Waals surface area contributed by atoms with Crippen LogP contribution in [0.2, 0.25) is 5.02 Å². The molecule has 2 amide bonds. The van der Waals surface area contributed by atoms with Crippen LogP contribution in [0.15, 0.2) is 42.5 Å². The van der Waals surface area contributed by atoms with Crippen LogP contribution in [0.1, 0.15) is 18.0 Å². The minimum Gasteiger partial charge on any atom is -0.497 e. The lowest BCUT2D eigenvalue weighted by Gasteiger charge is -2.24. The molecule has 2 heterocycles. The fraction of sp³-hybridized carbons (Fsp3) is 0.190. The summed E-state index contributed by atoms with van der Waals surface area (Å²) in [5, 5.41) is 9.97. The Morgan fingerprint density at radius 1 is 1.30 bits per heavy atom. The summed E-state index contributed by atoms with van der Waals surface area (Å²) in [6.07, 6.45) is -0.0725. The van der Waals surface area contributed by atoms with Crippen molar-refractivity contribution < 1.29 is 18.7 Å². The van der Waals surface area contributed by atoms with E-state index in [0.29, 0.717) is 22.9 Å². The fourth-order valence-corrected chi connectivity index (χ4v) is 3.55. The Balaban J connectivity index is 1.67. The Kier molecular flexibility index (Phi) is 5.17. The smallest absolute Gasteiger partial charge is 0.249 e. The van der Waals surface area contributed by atoms with Gasteiger partial charge in [-0.3, -0.25) is 9.59 Å². The van der Waals surface area contributed by atoms with E-state index in [1.807, 2.05) is 31.2 Å². The first-order chi connectivity index (χ1) is 14.4. The summed E-state index contributed by atoms with van der Waals surface area (Å²) in [6, 6.07) is 10.4. The molecule has 1 aliphatic heterocycles. The molecule has 154 valence electrons. The van der Waals surface area contributed by atoms with E-state index >= 15 is 0 Å². The number of anilines is 2. The Morgan fingerprint density at radius 2 is 2.03 bits per heavy atom. The van der Waals surface area contributed by atoms with Gasteiger partial charge < -0.3 is 15.4 Å². The van der Waals surface area contributed by atoms with Gasteiger partial charge in [-0.05, 0) is 49.4 Å². The van der Waals surface area contributed by atoms with Gasteiger partial charge in [-0.25, -0.2) is 9.07 Å². The van der Waals surface area contributed by atoms with Crippen LogP contribution in [0.4, 0.5) is 15.9 Å². The maximum absolute atomic E-state index is 13.4. The molecule has 2 N–H and O–H groups in total. The lowest BCUT2D eigenvalue weighted by atomic mass is 10.1. The Labute approximate surface area is 176 Å². The van der Waals surface area contributed by atoms with Crippen molar-refractivity contribution in [2.45, 2.75) is 19.4 Å². The molecule has 3 aromatic rings. The minimum absolute atomic E-state index is 0.0725. The van der Waals surface area contributed by atoms with Gasteiger partial charge in [0.1, 0.15) is 23.4 Å². The predicted molar refractivity (Wildman–Crippen MR) is 111 cm³/mol. The van der Waals surface area contributed by atoms with Gasteiger partial charge >= 0.3 is 0 Å². The number of amides is 2. The van der Waals surface area contributed by atoms with Crippen molar-refractivity contribution in [2.24, 2.45) is 0 Å². The number of rotatable bonds is 4. The molecule has 9 heteroatoms. The number of hydrogen-bond donors (Lipinski definition) is 2. The summed E-state index contributed by atoms with van der Waals surface area (Å²) in [7, 11) is 1.59. The van der Waals surface area contributed by atoms with E-state index in [1.165, 1.54) is 16.8 Å². The molecule has 0 aliphatic carbocycles. The first kappa shape index (κ1) is 19.9. The van der Waals surface area contributed by atoms with Crippen LogP contribution in [0.25, 0.3) is 11.3 Å². The molecular formula is C21H18ClFN4O3. The van der Waals surface area contributed by atoms with Crippen molar-refractivity contribution in [3.05, 3.63) is 58.9 Å². The Morgan fingerprint density at radius 3 is 2.70 bits per heavy atom. The van der Waals surface area contributed by atoms with Gasteiger partial charge in [0, 0.05) is 16.8 Å². The average molecular weight is 429 g/mol.